The molecule has 0 unspecified atom stereocenters. The monoisotopic (exact) mass is 314 g/mol. The molecule has 2 aromatic rings. The molecule has 0 radical (unpaired) electrons. The molecule has 2 rings (SSSR count). The van der Waals surface area contributed by atoms with E-state index in [1.165, 1.54) is 0 Å². The first-order valence-electron chi connectivity index (χ1n) is 7.52. The van der Waals surface area contributed by atoms with E-state index in [-0.39, 0.29) is 12.5 Å². The van der Waals surface area contributed by atoms with Crippen LogP contribution in [0.3, 0.4) is 0 Å². The number of methoxy groups -OCH3 is 1. The highest BCUT2D eigenvalue weighted by atomic mass is 16.5. The van der Waals surface area contributed by atoms with E-state index >= 15 is 0 Å². The molecule has 0 aromatic heterocycles. The third-order valence-corrected chi connectivity index (χ3v) is 3.23. The number of amides is 1. The number of carbonyl (C=O) groups is 1. The molecule has 0 heterocycles. The number of benzene rings is 2. The van der Waals surface area contributed by atoms with E-state index in [1.807, 2.05) is 55.5 Å². The summed E-state index contributed by atoms with van der Waals surface area (Å²) in [5.74, 6) is 1.43. The lowest BCUT2D eigenvalue weighted by atomic mass is 10.2. The lowest BCUT2D eigenvalue weighted by Crippen LogP contribution is -2.33. The van der Waals surface area contributed by atoms with Gasteiger partial charge < -0.3 is 20.1 Å². The summed E-state index contributed by atoms with van der Waals surface area (Å²) >= 11 is 0. The van der Waals surface area contributed by atoms with Crippen LogP contribution in [0.25, 0.3) is 0 Å². The van der Waals surface area contributed by atoms with Crippen LogP contribution in [0.15, 0.2) is 48.5 Å². The number of ether oxygens (including phenoxy) is 2. The largest absolute Gasteiger partial charge is 0.495 e. The van der Waals surface area contributed by atoms with Crippen LogP contribution in [0.2, 0.25) is 0 Å². The SMILES string of the molecule is COc1ccccc1NCC(=O)NCCOc1cccc(C)c1. The van der Waals surface area contributed by atoms with Crippen molar-refractivity contribution in [2.24, 2.45) is 0 Å². The lowest BCUT2D eigenvalue weighted by molar-refractivity contribution is -0.119. The summed E-state index contributed by atoms with van der Waals surface area (Å²) in [6, 6.07) is 15.3. The van der Waals surface area contributed by atoms with Gasteiger partial charge in [-0.05, 0) is 36.8 Å². The minimum atomic E-state index is -0.0938. The van der Waals surface area contributed by atoms with Gasteiger partial charge in [-0.3, -0.25) is 4.79 Å². The summed E-state index contributed by atoms with van der Waals surface area (Å²) in [6.07, 6.45) is 0. The van der Waals surface area contributed by atoms with Gasteiger partial charge in [-0.2, -0.15) is 0 Å². The maximum Gasteiger partial charge on any atom is 0.239 e. The second-order valence-electron chi connectivity index (χ2n) is 5.07. The summed E-state index contributed by atoms with van der Waals surface area (Å²) in [5.41, 5.74) is 1.94. The molecule has 0 aliphatic heterocycles. The molecule has 5 heteroatoms. The van der Waals surface area contributed by atoms with Gasteiger partial charge in [0.25, 0.3) is 0 Å². The fourth-order valence-electron chi connectivity index (χ4n) is 2.09. The minimum Gasteiger partial charge on any atom is -0.495 e. The summed E-state index contributed by atoms with van der Waals surface area (Å²) in [5, 5.41) is 5.86. The average molecular weight is 314 g/mol. The maximum absolute atomic E-state index is 11.8. The van der Waals surface area contributed by atoms with Crippen molar-refractivity contribution < 1.29 is 14.3 Å². The van der Waals surface area contributed by atoms with Gasteiger partial charge in [-0.25, -0.2) is 0 Å². The highest BCUT2D eigenvalue weighted by Crippen LogP contribution is 2.22. The zero-order valence-corrected chi connectivity index (χ0v) is 13.5. The standard InChI is InChI=1S/C18H22N2O3/c1-14-6-5-7-15(12-14)23-11-10-19-18(21)13-20-16-8-3-4-9-17(16)22-2/h3-9,12,20H,10-11,13H2,1-2H3,(H,19,21). The zero-order valence-electron chi connectivity index (χ0n) is 13.5. The molecule has 122 valence electrons. The predicted molar refractivity (Wildman–Crippen MR) is 91.2 cm³/mol. The van der Waals surface area contributed by atoms with Gasteiger partial charge in [0.15, 0.2) is 0 Å². The van der Waals surface area contributed by atoms with Gasteiger partial charge >= 0.3 is 0 Å². The lowest BCUT2D eigenvalue weighted by Gasteiger charge is -2.11. The van der Waals surface area contributed by atoms with Crippen molar-refractivity contribution in [1.82, 2.24) is 5.32 Å². The van der Waals surface area contributed by atoms with Gasteiger partial charge in [0.05, 0.1) is 25.9 Å². The van der Waals surface area contributed by atoms with Crippen LogP contribution < -0.4 is 20.1 Å². The fourth-order valence-corrected chi connectivity index (χ4v) is 2.09. The van der Waals surface area contributed by atoms with E-state index in [0.717, 1.165) is 17.0 Å². The molecule has 0 atom stereocenters. The van der Waals surface area contributed by atoms with Crippen molar-refractivity contribution in [1.29, 1.82) is 0 Å². The molecule has 2 N–H and O–H groups in total. The number of nitrogens with one attached hydrogen (secondary N) is 2. The van der Waals surface area contributed by atoms with Crippen molar-refractivity contribution in [3.05, 3.63) is 54.1 Å². The summed E-state index contributed by atoms with van der Waals surface area (Å²) in [7, 11) is 1.60. The predicted octanol–water partition coefficient (Wildman–Crippen LogP) is 2.61. The van der Waals surface area contributed by atoms with Gasteiger partial charge in [0.1, 0.15) is 18.1 Å². The molecule has 0 bridgehead atoms. The molecule has 0 fully saturated rings. The smallest absolute Gasteiger partial charge is 0.239 e. The molecule has 5 nitrogen and oxygen atoms in total. The third-order valence-electron chi connectivity index (χ3n) is 3.23. The van der Waals surface area contributed by atoms with Crippen molar-refractivity contribution in [2.45, 2.75) is 6.92 Å². The first-order chi connectivity index (χ1) is 11.2. The van der Waals surface area contributed by atoms with Crippen LogP contribution in [0.1, 0.15) is 5.56 Å². The van der Waals surface area contributed by atoms with Gasteiger partial charge in [0.2, 0.25) is 5.91 Å². The quantitative estimate of drug-likeness (QED) is 0.735. The second kappa shape index (κ2) is 8.68. The van der Waals surface area contributed by atoms with Crippen LogP contribution in [0.4, 0.5) is 5.69 Å². The number of anilines is 1. The summed E-state index contributed by atoms with van der Waals surface area (Å²) in [4.78, 5) is 11.8. The fraction of sp³-hybridized carbons (Fsp3) is 0.278. The Bertz CT molecular complexity index is 644. The van der Waals surface area contributed by atoms with Crippen LogP contribution in [0, 0.1) is 6.92 Å². The number of hydrogen-bond donors (Lipinski definition) is 2. The van der Waals surface area contributed by atoms with E-state index in [2.05, 4.69) is 10.6 Å². The Balaban J connectivity index is 1.67. The number of aryl methyl sites for hydroxylation is 1. The van der Waals surface area contributed by atoms with E-state index in [4.69, 9.17) is 9.47 Å². The van der Waals surface area contributed by atoms with Gasteiger partial charge in [-0.15, -0.1) is 0 Å². The molecule has 2 aromatic carbocycles. The molecule has 0 saturated heterocycles. The molecule has 1 amide bonds. The summed E-state index contributed by atoms with van der Waals surface area (Å²) in [6.45, 7) is 3.09. The Morgan fingerprint density at radius 1 is 1.13 bits per heavy atom. The molecule has 0 aliphatic rings. The van der Waals surface area contributed by atoms with Gasteiger partial charge in [0, 0.05) is 0 Å². The van der Waals surface area contributed by atoms with E-state index in [9.17, 15) is 4.79 Å². The van der Waals surface area contributed by atoms with Crippen LogP contribution in [0.5, 0.6) is 11.5 Å². The molecule has 0 saturated carbocycles. The number of para-hydroxylation sites is 2. The molecular weight excluding hydrogens is 292 g/mol. The second-order valence-corrected chi connectivity index (χ2v) is 5.07. The van der Waals surface area contributed by atoms with Crippen molar-refractivity contribution >= 4 is 11.6 Å². The van der Waals surface area contributed by atoms with Crippen LogP contribution >= 0.6 is 0 Å². The average Bonchev–Trinajstić information content (AvgIpc) is 2.57. The van der Waals surface area contributed by atoms with Crippen molar-refractivity contribution in [2.75, 3.05) is 32.1 Å². The van der Waals surface area contributed by atoms with Crippen LogP contribution in [-0.2, 0) is 4.79 Å². The summed E-state index contributed by atoms with van der Waals surface area (Å²) < 4.78 is 10.8. The molecule has 0 aliphatic carbocycles. The van der Waals surface area contributed by atoms with E-state index in [1.54, 1.807) is 7.11 Å². The number of rotatable bonds is 8. The van der Waals surface area contributed by atoms with Gasteiger partial charge in [-0.1, -0.05) is 24.3 Å². The minimum absolute atomic E-state index is 0.0938. The Labute approximate surface area is 136 Å². The third kappa shape index (κ3) is 5.54. The number of hydrogen-bond acceptors (Lipinski definition) is 4. The van der Waals surface area contributed by atoms with Crippen LogP contribution in [-0.4, -0.2) is 32.7 Å². The zero-order chi connectivity index (χ0) is 16.5. The van der Waals surface area contributed by atoms with E-state index < -0.39 is 0 Å². The topological polar surface area (TPSA) is 59.6 Å². The Morgan fingerprint density at radius 3 is 2.74 bits per heavy atom. The van der Waals surface area contributed by atoms with E-state index in [0.29, 0.717) is 18.9 Å². The maximum atomic E-state index is 11.8. The Kier molecular flexibility index (Phi) is 6.29. The first-order valence-corrected chi connectivity index (χ1v) is 7.52. The first kappa shape index (κ1) is 16.7. The van der Waals surface area contributed by atoms with Crippen molar-refractivity contribution in [3.63, 3.8) is 0 Å². The highest BCUT2D eigenvalue weighted by molar-refractivity contribution is 5.81. The normalized spacial score (nSPS) is 10.0. The Hall–Kier alpha value is -2.69. The number of carbonyl (C=O) groups excluding carboxylic acids is 1. The Morgan fingerprint density at radius 2 is 1.96 bits per heavy atom. The molecular formula is C18H22N2O3. The van der Waals surface area contributed by atoms with Crippen molar-refractivity contribution in [3.8, 4) is 11.5 Å². The molecule has 23 heavy (non-hydrogen) atoms. The highest BCUT2D eigenvalue weighted by Gasteiger charge is 2.04. The molecule has 0 spiro atoms.